The molecule has 0 atom stereocenters. The summed E-state index contributed by atoms with van der Waals surface area (Å²) in [5.74, 6) is 0. The van der Waals surface area contributed by atoms with Crippen LogP contribution in [0.2, 0.25) is 0 Å². The molecular formula is Al3NaO20S5. The molecule has 0 N–H and O–H groups in total. The third kappa shape index (κ3) is 6170. The number of rotatable bonds is 0. The number of hydrogen-bond acceptors (Lipinski definition) is 20. The van der Waals surface area contributed by atoms with Gasteiger partial charge < -0.3 is 45.5 Å². The molecule has 0 aliphatic heterocycles. The maximum absolute atomic E-state index is 8.52. The summed E-state index contributed by atoms with van der Waals surface area (Å²) in [4.78, 5) is 0. The summed E-state index contributed by atoms with van der Waals surface area (Å²) in [7, 11) is -25.8. The number of hydrogen-bond donors (Lipinski definition) is 0. The standard InChI is InChI=1S/3Al.Na.5H2O4S/c;;;;5*1-5(2,3)4/h;;;;5*(H2,1,2,3,4)/q3*+3;+1;;;;;/p-10. The van der Waals surface area contributed by atoms with Crippen LogP contribution in [-0.2, 0) is 52.0 Å². The molecule has 160 valence electrons. The van der Waals surface area contributed by atoms with Crippen LogP contribution in [0, 0.1) is 0 Å². The van der Waals surface area contributed by atoms with Crippen molar-refractivity contribution in [1.29, 1.82) is 0 Å². The maximum atomic E-state index is 8.52. The van der Waals surface area contributed by atoms with Crippen molar-refractivity contribution in [2.75, 3.05) is 0 Å². The first kappa shape index (κ1) is 57.6. The maximum Gasteiger partial charge on any atom is 3.00 e. The van der Waals surface area contributed by atoms with E-state index in [0.717, 1.165) is 0 Å². The predicted octanol–water partition coefficient (Wildman–Crippen LogP) is -10.8. The minimum Gasteiger partial charge on any atom is -0.759 e. The van der Waals surface area contributed by atoms with Crippen molar-refractivity contribution in [3.05, 3.63) is 0 Å². The predicted molar refractivity (Wildman–Crippen MR) is 69.6 cm³/mol. The molecule has 29 heteroatoms. The molecule has 0 aromatic heterocycles. The van der Waals surface area contributed by atoms with E-state index in [4.69, 9.17) is 87.6 Å². The molecular weight excluding hydrogens is 584 g/mol. The van der Waals surface area contributed by atoms with E-state index in [9.17, 15) is 0 Å². The molecule has 0 bridgehead atoms. The molecule has 0 saturated carbocycles. The van der Waals surface area contributed by atoms with Crippen molar-refractivity contribution >= 4 is 104 Å². The summed E-state index contributed by atoms with van der Waals surface area (Å²) in [6.07, 6.45) is 0. The van der Waals surface area contributed by atoms with Crippen molar-refractivity contribution in [2.45, 2.75) is 0 Å². The Morgan fingerprint density at radius 1 is 0.276 bits per heavy atom. The minimum atomic E-state index is -5.17. The Labute approximate surface area is 219 Å². The summed E-state index contributed by atoms with van der Waals surface area (Å²) in [5, 5.41) is 0. The van der Waals surface area contributed by atoms with Crippen LogP contribution >= 0.6 is 0 Å². The van der Waals surface area contributed by atoms with Gasteiger partial charge in [0.05, 0.1) is 0 Å². The molecule has 20 nitrogen and oxygen atoms in total. The Kier molecular flexibility index (Phi) is 48.9. The SMILES string of the molecule is O=S(=O)([O-])[O-].O=S(=O)([O-])[O-].O=S(=O)([O-])[O-].O=S(=O)([O-])[O-].O=S(=O)([O-])[O-].[Al+3].[Al+3].[Al+3].[Na+]. The zero-order valence-corrected chi connectivity index (χ0v) is 22.5. The molecule has 0 saturated heterocycles. The van der Waals surface area contributed by atoms with Gasteiger partial charge in [-0.15, -0.1) is 0 Å². The summed E-state index contributed by atoms with van der Waals surface area (Å²) >= 11 is 0. The van der Waals surface area contributed by atoms with E-state index in [1.165, 1.54) is 0 Å². The molecule has 0 radical (unpaired) electrons. The van der Waals surface area contributed by atoms with E-state index in [-0.39, 0.29) is 81.6 Å². The average Bonchev–Trinajstić information content (AvgIpc) is 1.79. The minimum absolute atomic E-state index is 0. The van der Waals surface area contributed by atoms with Crippen LogP contribution in [0.25, 0.3) is 0 Å². The summed E-state index contributed by atoms with van der Waals surface area (Å²) in [6.45, 7) is 0. The van der Waals surface area contributed by atoms with E-state index < -0.39 is 52.0 Å². The van der Waals surface area contributed by atoms with Gasteiger partial charge in [-0.1, -0.05) is 0 Å². The topological polar surface area (TPSA) is 401 Å². The van der Waals surface area contributed by atoms with E-state index >= 15 is 0 Å². The molecule has 0 aromatic rings. The third-order valence-electron chi connectivity index (χ3n) is 0. The van der Waals surface area contributed by atoms with E-state index in [0.29, 0.717) is 0 Å². The van der Waals surface area contributed by atoms with Crippen LogP contribution in [0.15, 0.2) is 0 Å². The van der Waals surface area contributed by atoms with Gasteiger partial charge in [-0.25, -0.2) is 0 Å². The van der Waals surface area contributed by atoms with Gasteiger partial charge in [0.1, 0.15) is 0 Å². The van der Waals surface area contributed by atoms with Crippen molar-refractivity contribution in [3.8, 4) is 0 Å². The Hall–Kier alpha value is 1.95. The Bertz CT molecular complexity index is 628. The molecule has 0 aliphatic rings. The summed E-state index contributed by atoms with van der Waals surface area (Å²) < 4.78 is 170. The molecule has 29 heavy (non-hydrogen) atoms. The first-order valence-electron chi connectivity index (χ1n) is 3.33. The Balaban J connectivity index is -0.0000000238. The van der Waals surface area contributed by atoms with Crippen LogP contribution in [0.3, 0.4) is 0 Å². The van der Waals surface area contributed by atoms with E-state index in [1.54, 1.807) is 0 Å². The average molecular weight is 584 g/mol. The van der Waals surface area contributed by atoms with Gasteiger partial charge in [-0.05, 0) is 0 Å². The van der Waals surface area contributed by atoms with Crippen LogP contribution in [0.5, 0.6) is 0 Å². The van der Waals surface area contributed by atoms with Gasteiger partial charge in [0.25, 0.3) is 0 Å². The molecule has 0 heterocycles. The van der Waals surface area contributed by atoms with Gasteiger partial charge in [0, 0.05) is 52.0 Å². The van der Waals surface area contributed by atoms with Crippen LogP contribution in [0.4, 0.5) is 0 Å². The summed E-state index contributed by atoms with van der Waals surface area (Å²) in [5.41, 5.74) is 0. The molecule has 0 spiro atoms. The van der Waals surface area contributed by atoms with E-state index in [2.05, 4.69) is 0 Å². The fraction of sp³-hybridized carbons (Fsp3) is 0. The van der Waals surface area contributed by atoms with Crippen LogP contribution in [-0.4, -0.2) is 140 Å². The van der Waals surface area contributed by atoms with E-state index in [1.807, 2.05) is 0 Å². The second-order valence-electron chi connectivity index (χ2n) is 2.04. The second-order valence-corrected chi connectivity index (χ2v) is 6.12. The molecule has 0 rings (SSSR count). The van der Waals surface area contributed by atoms with Gasteiger partial charge in [-0.2, -0.15) is 0 Å². The molecule has 0 aliphatic carbocycles. The largest absolute Gasteiger partial charge is 3.00 e. The zero-order chi connectivity index (χ0) is 22.5. The van der Waals surface area contributed by atoms with Gasteiger partial charge in [0.15, 0.2) is 0 Å². The van der Waals surface area contributed by atoms with Crippen molar-refractivity contribution in [3.63, 3.8) is 0 Å². The molecule has 0 unspecified atom stereocenters. The van der Waals surface area contributed by atoms with Crippen LogP contribution < -0.4 is 29.6 Å². The first-order valence-corrected chi connectivity index (χ1v) is 10.0. The first-order chi connectivity index (χ1) is 10.0. The van der Waals surface area contributed by atoms with Crippen LogP contribution in [0.1, 0.15) is 0 Å². The van der Waals surface area contributed by atoms with Crippen molar-refractivity contribution in [2.24, 2.45) is 0 Å². The fourth-order valence-electron chi connectivity index (χ4n) is 0. The fourth-order valence-corrected chi connectivity index (χ4v) is 0. The molecule has 0 amide bonds. The third-order valence-corrected chi connectivity index (χ3v) is 0. The Morgan fingerprint density at radius 3 is 0.276 bits per heavy atom. The molecule has 0 fully saturated rings. The quantitative estimate of drug-likeness (QED) is 0.145. The van der Waals surface area contributed by atoms with Gasteiger partial charge in [-0.3, -0.25) is 42.1 Å². The second kappa shape index (κ2) is 24.6. The molecule has 0 aromatic carbocycles. The van der Waals surface area contributed by atoms with Crippen molar-refractivity contribution in [1.82, 2.24) is 0 Å². The summed E-state index contributed by atoms with van der Waals surface area (Å²) in [6, 6.07) is 0. The Morgan fingerprint density at radius 2 is 0.276 bits per heavy atom. The normalized spacial score (nSPS) is 10.0. The monoisotopic (exact) mass is 584 g/mol. The smallest absolute Gasteiger partial charge is 0.759 e. The van der Waals surface area contributed by atoms with Gasteiger partial charge in [0.2, 0.25) is 0 Å². The van der Waals surface area contributed by atoms with Crippen molar-refractivity contribution < 1.29 is 117 Å². The zero-order valence-electron chi connectivity index (χ0n) is 12.9. The van der Waals surface area contributed by atoms with Gasteiger partial charge >= 0.3 is 81.6 Å².